The summed E-state index contributed by atoms with van der Waals surface area (Å²) in [6.07, 6.45) is 13.5. The third-order valence-electron chi connectivity index (χ3n) is 5.44. The molecule has 2 aliphatic carbocycles. The Bertz CT molecular complexity index is 450. The molecular weight excluding hydrogens is 266 g/mol. The molecule has 20 heavy (non-hydrogen) atoms. The van der Waals surface area contributed by atoms with Gasteiger partial charge in [-0.05, 0) is 43.9 Å². The average molecular weight is 291 g/mol. The van der Waals surface area contributed by atoms with Crippen molar-refractivity contribution in [1.82, 2.24) is 10.3 Å². The van der Waals surface area contributed by atoms with Crippen LogP contribution in [0.25, 0.3) is 0 Å². The lowest BCUT2D eigenvalue weighted by Gasteiger charge is -2.39. The maximum Gasteiger partial charge on any atom is 0.185 e. The second-order valence-electron chi connectivity index (χ2n) is 6.96. The van der Waals surface area contributed by atoms with Gasteiger partial charge in [0.15, 0.2) is 5.13 Å². The smallest absolute Gasteiger partial charge is 0.185 e. The van der Waals surface area contributed by atoms with Crippen LogP contribution in [0.2, 0.25) is 0 Å². The fourth-order valence-corrected chi connectivity index (χ4v) is 4.77. The van der Waals surface area contributed by atoms with Crippen LogP contribution in [-0.2, 0) is 6.54 Å². The highest BCUT2D eigenvalue weighted by molar-refractivity contribution is 7.15. The van der Waals surface area contributed by atoms with Gasteiger partial charge >= 0.3 is 0 Å². The number of nitrogens with zero attached hydrogens (tertiary/aromatic N) is 2. The molecule has 1 aliphatic heterocycles. The molecule has 3 aliphatic rings. The molecule has 110 valence electrons. The lowest BCUT2D eigenvalue weighted by Crippen LogP contribution is -2.38. The Morgan fingerprint density at radius 1 is 1.20 bits per heavy atom. The highest BCUT2D eigenvalue weighted by Gasteiger charge is 2.37. The summed E-state index contributed by atoms with van der Waals surface area (Å²) in [5.41, 5.74) is 0.712. The Balaban J connectivity index is 1.33. The van der Waals surface area contributed by atoms with Crippen molar-refractivity contribution in [3.05, 3.63) is 11.1 Å². The van der Waals surface area contributed by atoms with Crippen molar-refractivity contribution in [3.8, 4) is 0 Å². The molecular formula is C16H25N3S. The fraction of sp³-hybridized carbons (Fsp3) is 0.812. The molecule has 1 spiro atoms. The molecule has 0 radical (unpaired) electrons. The topological polar surface area (TPSA) is 28.2 Å². The SMILES string of the molecule is c1nc(N2CCC3(CCCC3)CC2)sc1CNC1CC1. The van der Waals surface area contributed by atoms with Crippen LogP contribution in [0.5, 0.6) is 0 Å². The lowest BCUT2D eigenvalue weighted by atomic mass is 9.77. The number of piperidine rings is 1. The van der Waals surface area contributed by atoms with Gasteiger partial charge in [0.2, 0.25) is 0 Å². The summed E-state index contributed by atoms with van der Waals surface area (Å²) < 4.78 is 0. The van der Waals surface area contributed by atoms with E-state index in [1.165, 1.54) is 74.5 Å². The van der Waals surface area contributed by atoms with Crippen LogP contribution in [0, 0.1) is 5.41 Å². The van der Waals surface area contributed by atoms with E-state index in [-0.39, 0.29) is 0 Å². The summed E-state index contributed by atoms with van der Waals surface area (Å²) in [5.74, 6) is 0. The summed E-state index contributed by atoms with van der Waals surface area (Å²) >= 11 is 1.89. The summed E-state index contributed by atoms with van der Waals surface area (Å²) in [4.78, 5) is 8.58. The average Bonchev–Trinajstić information content (AvgIpc) is 3.00. The molecule has 2 saturated carbocycles. The van der Waals surface area contributed by atoms with E-state index in [1.54, 1.807) is 0 Å². The zero-order chi connectivity index (χ0) is 13.4. The van der Waals surface area contributed by atoms with Crippen molar-refractivity contribution in [2.45, 2.75) is 64.0 Å². The monoisotopic (exact) mass is 291 g/mol. The van der Waals surface area contributed by atoms with Gasteiger partial charge in [0.25, 0.3) is 0 Å². The highest BCUT2D eigenvalue weighted by atomic mass is 32.1. The van der Waals surface area contributed by atoms with Gasteiger partial charge in [-0.3, -0.25) is 0 Å². The van der Waals surface area contributed by atoms with Crippen molar-refractivity contribution in [2.24, 2.45) is 5.41 Å². The van der Waals surface area contributed by atoms with Gasteiger partial charge < -0.3 is 10.2 Å². The predicted octanol–water partition coefficient (Wildman–Crippen LogP) is 3.56. The zero-order valence-electron chi connectivity index (χ0n) is 12.2. The molecule has 0 unspecified atom stereocenters. The van der Waals surface area contributed by atoms with E-state index >= 15 is 0 Å². The van der Waals surface area contributed by atoms with E-state index in [0.717, 1.165) is 12.6 Å². The number of aromatic nitrogens is 1. The minimum absolute atomic E-state index is 0.712. The van der Waals surface area contributed by atoms with Gasteiger partial charge in [-0.2, -0.15) is 0 Å². The van der Waals surface area contributed by atoms with E-state index in [1.807, 2.05) is 11.3 Å². The Morgan fingerprint density at radius 3 is 2.65 bits per heavy atom. The molecule has 0 bridgehead atoms. The summed E-state index contributed by atoms with van der Waals surface area (Å²) in [7, 11) is 0. The van der Waals surface area contributed by atoms with Crippen LogP contribution in [-0.4, -0.2) is 24.1 Å². The van der Waals surface area contributed by atoms with Crippen LogP contribution < -0.4 is 10.2 Å². The predicted molar refractivity (Wildman–Crippen MR) is 84.3 cm³/mol. The van der Waals surface area contributed by atoms with E-state index in [4.69, 9.17) is 0 Å². The summed E-state index contributed by atoms with van der Waals surface area (Å²) in [5, 5.41) is 4.84. The first-order valence-corrected chi connectivity index (χ1v) is 9.08. The first kappa shape index (κ1) is 13.1. The van der Waals surface area contributed by atoms with Crippen LogP contribution in [0.4, 0.5) is 5.13 Å². The minimum Gasteiger partial charge on any atom is -0.348 e. The fourth-order valence-electron chi connectivity index (χ4n) is 3.85. The van der Waals surface area contributed by atoms with E-state index in [9.17, 15) is 0 Å². The highest BCUT2D eigenvalue weighted by Crippen LogP contribution is 2.46. The Kier molecular flexibility index (Phi) is 3.47. The maximum absolute atomic E-state index is 4.66. The molecule has 0 aromatic carbocycles. The van der Waals surface area contributed by atoms with Crippen molar-refractivity contribution in [3.63, 3.8) is 0 Å². The second-order valence-corrected chi connectivity index (χ2v) is 8.05. The van der Waals surface area contributed by atoms with Crippen LogP contribution in [0.3, 0.4) is 0 Å². The first-order chi connectivity index (χ1) is 9.83. The number of hydrogen-bond donors (Lipinski definition) is 1. The third kappa shape index (κ3) is 2.73. The van der Waals surface area contributed by atoms with Gasteiger partial charge in [0.05, 0.1) is 0 Å². The van der Waals surface area contributed by atoms with Gasteiger partial charge in [-0.1, -0.05) is 12.8 Å². The molecule has 1 saturated heterocycles. The molecule has 3 nitrogen and oxygen atoms in total. The van der Waals surface area contributed by atoms with Crippen LogP contribution in [0.15, 0.2) is 6.20 Å². The first-order valence-electron chi connectivity index (χ1n) is 8.26. The standard InChI is InChI=1S/C16H25N3S/c1-2-6-16(5-1)7-9-19(10-8-16)15-18-12-14(20-15)11-17-13-3-4-13/h12-13,17H,1-11H2. The normalized spacial score (nSPS) is 25.5. The van der Waals surface area contributed by atoms with E-state index < -0.39 is 0 Å². The number of rotatable bonds is 4. The van der Waals surface area contributed by atoms with Crippen molar-refractivity contribution in [1.29, 1.82) is 0 Å². The summed E-state index contributed by atoms with van der Waals surface area (Å²) in [6, 6.07) is 0.790. The van der Waals surface area contributed by atoms with Gasteiger partial charge in [-0.25, -0.2) is 4.98 Å². The van der Waals surface area contributed by atoms with Gasteiger partial charge in [-0.15, -0.1) is 11.3 Å². The molecule has 0 atom stereocenters. The number of hydrogen-bond acceptors (Lipinski definition) is 4. The number of thiazole rings is 1. The molecule has 1 aromatic heterocycles. The Morgan fingerprint density at radius 2 is 1.95 bits per heavy atom. The molecule has 0 amide bonds. The largest absolute Gasteiger partial charge is 0.348 e. The molecule has 1 aromatic rings. The quantitative estimate of drug-likeness (QED) is 0.919. The summed E-state index contributed by atoms with van der Waals surface area (Å²) in [6.45, 7) is 3.46. The molecule has 4 heteroatoms. The molecule has 4 rings (SSSR count). The van der Waals surface area contributed by atoms with Crippen molar-refractivity contribution in [2.75, 3.05) is 18.0 Å². The van der Waals surface area contributed by atoms with E-state index in [2.05, 4.69) is 21.4 Å². The van der Waals surface area contributed by atoms with Crippen molar-refractivity contribution >= 4 is 16.5 Å². The Hall–Kier alpha value is -0.610. The third-order valence-corrected chi connectivity index (χ3v) is 6.50. The molecule has 2 heterocycles. The number of anilines is 1. The lowest BCUT2D eigenvalue weighted by molar-refractivity contribution is 0.226. The maximum atomic E-state index is 4.66. The number of nitrogens with one attached hydrogen (secondary N) is 1. The molecule has 1 N–H and O–H groups in total. The van der Waals surface area contributed by atoms with Gasteiger partial charge in [0, 0.05) is 36.8 Å². The van der Waals surface area contributed by atoms with Gasteiger partial charge in [0.1, 0.15) is 0 Å². The zero-order valence-corrected chi connectivity index (χ0v) is 13.1. The van der Waals surface area contributed by atoms with Crippen molar-refractivity contribution < 1.29 is 0 Å². The second kappa shape index (κ2) is 5.30. The molecule has 3 fully saturated rings. The van der Waals surface area contributed by atoms with E-state index in [0.29, 0.717) is 5.41 Å². The van der Waals surface area contributed by atoms with Crippen LogP contribution in [0.1, 0.15) is 56.2 Å². The minimum atomic E-state index is 0.712. The Labute approximate surface area is 125 Å². The van der Waals surface area contributed by atoms with Crippen LogP contribution >= 0.6 is 11.3 Å².